The molecule has 7 heteroatoms. The molecular formula is C11H15N3O3S. The minimum Gasteiger partial charge on any atom is -0.326 e. The van der Waals surface area contributed by atoms with E-state index < -0.39 is 10.0 Å². The van der Waals surface area contributed by atoms with Crippen molar-refractivity contribution in [1.29, 1.82) is 0 Å². The van der Waals surface area contributed by atoms with E-state index in [1.165, 1.54) is 12.1 Å². The highest BCUT2D eigenvalue weighted by Crippen LogP contribution is 2.16. The number of amides is 1. The number of sulfonamides is 1. The zero-order valence-corrected chi connectivity index (χ0v) is 10.5. The lowest BCUT2D eigenvalue weighted by Gasteiger charge is -2.10. The quantitative estimate of drug-likeness (QED) is 0.712. The van der Waals surface area contributed by atoms with Gasteiger partial charge in [-0.3, -0.25) is 4.79 Å². The van der Waals surface area contributed by atoms with Gasteiger partial charge in [-0.1, -0.05) is 6.07 Å². The number of hydrogen-bond donors (Lipinski definition) is 3. The van der Waals surface area contributed by atoms with Crippen molar-refractivity contribution in [1.82, 2.24) is 5.32 Å². The first kappa shape index (κ1) is 13.0. The first-order chi connectivity index (χ1) is 8.47. The molecule has 1 aliphatic rings. The third kappa shape index (κ3) is 3.06. The van der Waals surface area contributed by atoms with Crippen molar-refractivity contribution < 1.29 is 13.2 Å². The summed E-state index contributed by atoms with van der Waals surface area (Å²) in [7, 11) is -3.74. The zero-order chi connectivity index (χ0) is 13.2. The molecule has 0 radical (unpaired) electrons. The maximum absolute atomic E-state index is 11.8. The van der Waals surface area contributed by atoms with Crippen LogP contribution in [0.25, 0.3) is 0 Å². The van der Waals surface area contributed by atoms with Crippen LogP contribution in [0.3, 0.4) is 0 Å². The molecule has 1 fully saturated rings. The van der Waals surface area contributed by atoms with Crippen LogP contribution >= 0.6 is 0 Å². The lowest BCUT2D eigenvalue weighted by atomic mass is 10.1. The van der Waals surface area contributed by atoms with Gasteiger partial charge in [-0.25, -0.2) is 13.6 Å². The summed E-state index contributed by atoms with van der Waals surface area (Å²) in [6.07, 6.45) is 0.792. The van der Waals surface area contributed by atoms with Crippen LogP contribution in [0.2, 0.25) is 0 Å². The Balaban J connectivity index is 2.12. The summed E-state index contributed by atoms with van der Waals surface area (Å²) in [5, 5.41) is 10.8. The summed E-state index contributed by atoms with van der Waals surface area (Å²) in [4.78, 5) is 11.8. The van der Waals surface area contributed by atoms with Crippen molar-refractivity contribution in [3.63, 3.8) is 0 Å². The minimum atomic E-state index is -3.74. The van der Waals surface area contributed by atoms with E-state index in [4.69, 9.17) is 5.14 Å². The van der Waals surface area contributed by atoms with E-state index in [-0.39, 0.29) is 16.7 Å². The molecule has 1 heterocycles. The molecule has 1 aliphatic heterocycles. The second-order valence-electron chi connectivity index (χ2n) is 4.25. The van der Waals surface area contributed by atoms with E-state index in [0.29, 0.717) is 12.2 Å². The number of anilines is 1. The van der Waals surface area contributed by atoms with Gasteiger partial charge in [-0.05, 0) is 31.2 Å². The first-order valence-electron chi connectivity index (χ1n) is 5.61. The summed E-state index contributed by atoms with van der Waals surface area (Å²) in [5.41, 5.74) is 0.443. The molecule has 0 spiro atoms. The number of nitrogens with two attached hydrogens (primary N) is 1. The van der Waals surface area contributed by atoms with E-state index in [2.05, 4.69) is 10.6 Å². The topological polar surface area (TPSA) is 101 Å². The molecule has 0 saturated carbocycles. The standard InChI is InChI=1S/C11H15N3O3S/c12-18(16,17)10-3-1-2-9(6-10)14-11(15)8-4-5-13-7-8/h1-3,6,8,13H,4-5,7H2,(H,14,15)(H2,12,16,17). The fraction of sp³-hybridized carbons (Fsp3) is 0.364. The van der Waals surface area contributed by atoms with E-state index >= 15 is 0 Å². The van der Waals surface area contributed by atoms with Crippen molar-refractivity contribution in [2.45, 2.75) is 11.3 Å². The molecule has 1 aromatic carbocycles. The Morgan fingerprint density at radius 1 is 1.44 bits per heavy atom. The van der Waals surface area contributed by atoms with Crippen molar-refractivity contribution >= 4 is 21.6 Å². The summed E-state index contributed by atoms with van der Waals surface area (Å²) in [6.45, 7) is 1.48. The Kier molecular flexibility index (Phi) is 3.65. The van der Waals surface area contributed by atoms with E-state index in [9.17, 15) is 13.2 Å². The summed E-state index contributed by atoms with van der Waals surface area (Å²) in [5.74, 6) is -0.172. The van der Waals surface area contributed by atoms with Crippen molar-refractivity contribution in [2.75, 3.05) is 18.4 Å². The number of carbonyl (C=O) groups is 1. The zero-order valence-electron chi connectivity index (χ0n) is 9.72. The van der Waals surface area contributed by atoms with Gasteiger partial charge in [-0.2, -0.15) is 0 Å². The van der Waals surface area contributed by atoms with Gasteiger partial charge in [-0.15, -0.1) is 0 Å². The SMILES string of the molecule is NS(=O)(=O)c1cccc(NC(=O)C2CCNC2)c1. The van der Waals surface area contributed by atoms with Crippen LogP contribution in [0.15, 0.2) is 29.2 Å². The van der Waals surface area contributed by atoms with Crippen LogP contribution in [-0.4, -0.2) is 27.4 Å². The van der Waals surface area contributed by atoms with Gasteiger partial charge in [0.15, 0.2) is 0 Å². The molecule has 6 nitrogen and oxygen atoms in total. The van der Waals surface area contributed by atoms with Crippen molar-refractivity contribution in [3.8, 4) is 0 Å². The number of hydrogen-bond acceptors (Lipinski definition) is 4. The molecular weight excluding hydrogens is 254 g/mol. The Bertz CT molecular complexity index is 550. The van der Waals surface area contributed by atoms with Crippen LogP contribution in [-0.2, 0) is 14.8 Å². The van der Waals surface area contributed by atoms with Crippen LogP contribution in [0, 0.1) is 5.92 Å². The third-order valence-electron chi connectivity index (χ3n) is 2.86. The molecule has 98 valence electrons. The molecule has 4 N–H and O–H groups in total. The van der Waals surface area contributed by atoms with E-state index in [1.54, 1.807) is 12.1 Å². The fourth-order valence-electron chi connectivity index (χ4n) is 1.87. The van der Waals surface area contributed by atoms with Crippen LogP contribution < -0.4 is 15.8 Å². The number of carbonyl (C=O) groups excluding carboxylic acids is 1. The Morgan fingerprint density at radius 2 is 2.22 bits per heavy atom. The van der Waals surface area contributed by atoms with Gasteiger partial charge in [0, 0.05) is 12.2 Å². The molecule has 1 saturated heterocycles. The number of primary sulfonamides is 1. The highest BCUT2D eigenvalue weighted by Gasteiger charge is 2.22. The molecule has 18 heavy (non-hydrogen) atoms. The number of rotatable bonds is 3. The largest absolute Gasteiger partial charge is 0.326 e. The average molecular weight is 269 g/mol. The molecule has 1 atom stereocenters. The lowest BCUT2D eigenvalue weighted by molar-refractivity contribution is -0.119. The number of nitrogens with one attached hydrogen (secondary N) is 2. The predicted octanol–water partition coefficient (Wildman–Crippen LogP) is -0.118. The van der Waals surface area contributed by atoms with E-state index in [1.807, 2.05) is 0 Å². The van der Waals surface area contributed by atoms with E-state index in [0.717, 1.165) is 13.0 Å². The van der Waals surface area contributed by atoms with Gasteiger partial charge in [0.1, 0.15) is 0 Å². The second-order valence-corrected chi connectivity index (χ2v) is 5.81. The highest BCUT2D eigenvalue weighted by molar-refractivity contribution is 7.89. The van der Waals surface area contributed by atoms with Crippen molar-refractivity contribution in [3.05, 3.63) is 24.3 Å². The van der Waals surface area contributed by atoms with Gasteiger partial charge >= 0.3 is 0 Å². The Morgan fingerprint density at radius 3 is 2.83 bits per heavy atom. The van der Waals surface area contributed by atoms with Gasteiger partial charge < -0.3 is 10.6 Å². The second kappa shape index (κ2) is 5.05. The van der Waals surface area contributed by atoms with Gasteiger partial charge in [0.05, 0.1) is 10.8 Å². The van der Waals surface area contributed by atoms with Crippen molar-refractivity contribution in [2.24, 2.45) is 11.1 Å². The predicted molar refractivity (Wildman–Crippen MR) is 67.4 cm³/mol. The summed E-state index contributed by atoms with van der Waals surface area (Å²) >= 11 is 0. The molecule has 1 amide bonds. The molecule has 1 unspecified atom stereocenters. The molecule has 0 aromatic heterocycles. The molecule has 0 aliphatic carbocycles. The van der Waals surface area contributed by atoms with Gasteiger partial charge in [0.25, 0.3) is 0 Å². The van der Waals surface area contributed by atoms with Crippen LogP contribution in [0.5, 0.6) is 0 Å². The summed E-state index contributed by atoms with van der Waals surface area (Å²) in [6, 6.07) is 5.93. The normalized spacial score (nSPS) is 19.7. The monoisotopic (exact) mass is 269 g/mol. The minimum absolute atomic E-state index is 0.00940. The fourth-order valence-corrected chi connectivity index (χ4v) is 2.43. The molecule has 2 rings (SSSR count). The third-order valence-corrected chi connectivity index (χ3v) is 3.77. The highest BCUT2D eigenvalue weighted by atomic mass is 32.2. The Hall–Kier alpha value is -1.44. The molecule has 0 bridgehead atoms. The molecule has 1 aromatic rings. The smallest absolute Gasteiger partial charge is 0.238 e. The lowest BCUT2D eigenvalue weighted by Crippen LogP contribution is -2.24. The van der Waals surface area contributed by atoms with Crippen LogP contribution in [0.1, 0.15) is 6.42 Å². The maximum Gasteiger partial charge on any atom is 0.238 e. The average Bonchev–Trinajstić information content (AvgIpc) is 2.81. The first-order valence-corrected chi connectivity index (χ1v) is 7.16. The van der Waals surface area contributed by atoms with Gasteiger partial charge in [0.2, 0.25) is 15.9 Å². The maximum atomic E-state index is 11.8. The number of benzene rings is 1. The van der Waals surface area contributed by atoms with Crippen LogP contribution in [0.4, 0.5) is 5.69 Å². The summed E-state index contributed by atoms with van der Waals surface area (Å²) < 4.78 is 22.4. The Labute approximate surface area is 106 Å².